The molecular formula is C9H17NO4. The third-order valence-corrected chi connectivity index (χ3v) is 1.71. The second kappa shape index (κ2) is 7.17. The lowest BCUT2D eigenvalue weighted by Gasteiger charge is -2.08. The van der Waals surface area contributed by atoms with Gasteiger partial charge in [-0.2, -0.15) is 0 Å². The molecule has 0 radical (unpaired) electrons. The molecule has 14 heavy (non-hydrogen) atoms. The second-order valence-corrected chi connectivity index (χ2v) is 3.11. The van der Waals surface area contributed by atoms with Gasteiger partial charge in [0, 0.05) is 6.54 Å². The van der Waals surface area contributed by atoms with Crippen LogP contribution in [0.4, 0.5) is 4.79 Å². The average molecular weight is 203 g/mol. The predicted molar refractivity (Wildman–Crippen MR) is 51.1 cm³/mol. The molecule has 0 spiro atoms. The number of alkyl carbamates (subject to hydrolysis) is 1. The maximum absolute atomic E-state index is 10.9. The minimum atomic E-state index is -0.932. The highest BCUT2D eigenvalue weighted by Crippen LogP contribution is 1.93. The molecule has 0 aliphatic carbocycles. The highest BCUT2D eigenvalue weighted by molar-refractivity contribution is 5.72. The van der Waals surface area contributed by atoms with Gasteiger partial charge in [0.2, 0.25) is 0 Å². The minimum Gasteiger partial charge on any atom is -0.481 e. The van der Waals surface area contributed by atoms with Gasteiger partial charge >= 0.3 is 12.1 Å². The Morgan fingerprint density at radius 3 is 2.64 bits per heavy atom. The Labute approximate surface area is 83.4 Å². The van der Waals surface area contributed by atoms with Gasteiger partial charge in [-0.3, -0.25) is 4.79 Å². The van der Waals surface area contributed by atoms with Crippen molar-refractivity contribution in [2.45, 2.75) is 26.7 Å². The van der Waals surface area contributed by atoms with Gasteiger partial charge < -0.3 is 15.2 Å². The van der Waals surface area contributed by atoms with E-state index in [1.165, 1.54) is 6.92 Å². The summed E-state index contributed by atoms with van der Waals surface area (Å²) in [5.74, 6) is -1.52. The first-order valence-electron chi connectivity index (χ1n) is 4.71. The molecule has 0 fully saturated rings. The molecule has 5 heteroatoms. The van der Waals surface area contributed by atoms with Gasteiger partial charge in [0.1, 0.15) is 0 Å². The Kier molecular flexibility index (Phi) is 6.53. The first-order valence-corrected chi connectivity index (χ1v) is 4.71. The normalized spacial score (nSPS) is 11.9. The van der Waals surface area contributed by atoms with Gasteiger partial charge in [-0.25, -0.2) is 4.79 Å². The van der Waals surface area contributed by atoms with E-state index < -0.39 is 18.0 Å². The van der Waals surface area contributed by atoms with Crippen LogP contribution in [0.1, 0.15) is 26.7 Å². The van der Waals surface area contributed by atoms with Crippen molar-refractivity contribution in [3.8, 4) is 0 Å². The minimum absolute atomic E-state index is 0.0975. The Bertz CT molecular complexity index is 193. The van der Waals surface area contributed by atoms with E-state index in [4.69, 9.17) is 9.84 Å². The van der Waals surface area contributed by atoms with Crippen molar-refractivity contribution in [1.82, 2.24) is 5.32 Å². The van der Waals surface area contributed by atoms with Crippen LogP contribution in [0.15, 0.2) is 0 Å². The van der Waals surface area contributed by atoms with Crippen LogP contribution < -0.4 is 5.32 Å². The van der Waals surface area contributed by atoms with Crippen LogP contribution in [0.3, 0.4) is 0 Å². The number of rotatable bonds is 6. The Morgan fingerprint density at radius 2 is 2.14 bits per heavy atom. The molecule has 0 aliphatic heterocycles. The quantitative estimate of drug-likeness (QED) is 0.637. The Morgan fingerprint density at radius 1 is 1.50 bits per heavy atom. The maximum atomic E-state index is 10.9. The van der Waals surface area contributed by atoms with E-state index in [0.29, 0.717) is 6.61 Å². The van der Waals surface area contributed by atoms with Crippen molar-refractivity contribution >= 4 is 12.1 Å². The van der Waals surface area contributed by atoms with Crippen LogP contribution in [0.25, 0.3) is 0 Å². The molecule has 82 valence electrons. The molecule has 0 aromatic rings. The number of carboxylic acid groups (broad SMARTS) is 1. The molecule has 1 unspecified atom stereocenters. The third-order valence-electron chi connectivity index (χ3n) is 1.71. The lowest BCUT2D eigenvalue weighted by molar-refractivity contribution is -0.140. The number of hydrogen-bond acceptors (Lipinski definition) is 3. The van der Waals surface area contributed by atoms with Crippen molar-refractivity contribution < 1.29 is 19.4 Å². The molecule has 0 aromatic carbocycles. The molecule has 2 N–H and O–H groups in total. The lowest BCUT2D eigenvalue weighted by atomic mass is 10.2. The number of carbonyl (C=O) groups is 2. The fourth-order valence-electron chi connectivity index (χ4n) is 0.684. The van der Waals surface area contributed by atoms with Crippen LogP contribution in [0.5, 0.6) is 0 Å². The van der Waals surface area contributed by atoms with E-state index >= 15 is 0 Å². The number of unbranched alkanes of at least 4 members (excludes halogenated alkanes) is 1. The van der Waals surface area contributed by atoms with Gasteiger partial charge in [0.25, 0.3) is 0 Å². The maximum Gasteiger partial charge on any atom is 0.407 e. The van der Waals surface area contributed by atoms with Crippen molar-refractivity contribution in [3.05, 3.63) is 0 Å². The van der Waals surface area contributed by atoms with Gasteiger partial charge in [-0.15, -0.1) is 0 Å². The highest BCUT2D eigenvalue weighted by Gasteiger charge is 2.12. The van der Waals surface area contributed by atoms with E-state index in [9.17, 15) is 9.59 Å². The summed E-state index contributed by atoms with van der Waals surface area (Å²) in [4.78, 5) is 21.3. The van der Waals surface area contributed by atoms with E-state index in [-0.39, 0.29) is 6.54 Å². The summed E-state index contributed by atoms with van der Waals surface area (Å²) >= 11 is 0. The zero-order valence-electron chi connectivity index (χ0n) is 8.58. The third kappa shape index (κ3) is 6.28. The largest absolute Gasteiger partial charge is 0.481 e. The van der Waals surface area contributed by atoms with Gasteiger partial charge in [0.05, 0.1) is 12.5 Å². The summed E-state index contributed by atoms with van der Waals surface area (Å²) in [5.41, 5.74) is 0. The SMILES string of the molecule is CCCCOC(=O)NCC(C)C(=O)O. The standard InChI is InChI=1S/C9H17NO4/c1-3-4-5-14-9(13)10-6-7(2)8(11)12/h7H,3-6H2,1-2H3,(H,10,13)(H,11,12). The summed E-state index contributed by atoms with van der Waals surface area (Å²) in [6.45, 7) is 3.99. The Balaban J connectivity index is 3.48. The summed E-state index contributed by atoms with van der Waals surface area (Å²) in [6.07, 6.45) is 1.23. The summed E-state index contributed by atoms with van der Waals surface area (Å²) in [7, 11) is 0. The molecule has 0 aliphatic rings. The van der Waals surface area contributed by atoms with Crippen molar-refractivity contribution in [2.24, 2.45) is 5.92 Å². The van der Waals surface area contributed by atoms with Gasteiger partial charge in [-0.1, -0.05) is 20.3 Å². The first kappa shape index (κ1) is 12.7. The molecule has 0 aromatic heterocycles. The van der Waals surface area contributed by atoms with E-state index in [2.05, 4.69) is 5.32 Å². The van der Waals surface area contributed by atoms with Crippen molar-refractivity contribution in [3.63, 3.8) is 0 Å². The smallest absolute Gasteiger partial charge is 0.407 e. The second-order valence-electron chi connectivity index (χ2n) is 3.11. The topological polar surface area (TPSA) is 75.6 Å². The first-order chi connectivity index (χ1) is 6.57. The number of carboxylic acids is 1. The zero-order valence-corrected chi connectivity index (χ0v) is 8.58. The van der Waals surface area contributed by atoms with Crippen LogP contribution >= 0.6 is 0 Å². The Hall–Kier alpha value is -1.26. The fraction of sp³-hybridized carbons (Fsp3) is 0.778. The molecule has 0 saturated carbocycles. The van der Waals surface area contributed by atoms with E-state index in [0.717, 1.165) is 12.8 Å². The highest BCUT2D eigenvalue weighted by atomic mass is 16.5. The number of amides is 1. The van der Waals surface area contributed by atoms with Crippen LogP contribution in [0, 0.1) is 5.92 Å². The number of hydrogen-bond donors (Lipinski definition) is 2. The summed E-state index contributed by atoms with van der Waals surface area (Å²) in [6, 6.07) is 0. The number of carbonyl (C=O) groups excluding carboxylic acids is 1. The van der Waals surface area contributed by atoms with E-state index in [1.807, 2.05) is 6.92 Å². The molecular weight excluding hydrogens is 186 g/mol. The molecule has 0 heterocycles. The van der Waals surface area contributed by atoms with Gasteiger partial charge in [0.15, 0.2) is 0 Å². The fourth-order valence-corrected chi connectivity index (χ4v) is 0.684. The van der Waals surface area contributed by atoms with Gasteiger partial charge in [-0.05, 0) is 6.42 Å². The van der Waals surface area contributed by atoms with Crippen molar-refractivity contribution in [1.29, 1.82) is 0 Å². The number of aliphatic carboxylic acids is 1. The van der Waals surface area contributed by atoms with Crippen LogP contribution in [0.2, 0.25) is 0 Å². The zero-order chi connectivity index (χ0) is 11.0. The number of nitrogens with one attached hydrogen (secondary N) is 1. The molecule has 0 bridgehead atoms. The van der Waals surface area contributed by atoms with Crippen LogP contribution in [-0.4, -0.2) is 30.3 Å². The van der Waals surface area contributed by atoms with Crippen LogP contribution in [-0.2, 0) is 9.53 Å². The summed E-state index contributed by atoms with van der Waals surface area (Å²) in [5, 5.41) is 10.9. The molecule has 1 atom stereocenters. The molecule has 0 saturated heterocycles. The molecule has 0 rings (SSSR count). The predicted octanol–water partition coefficient (Wildman–Crippen LogP) is 1.23. The molecule has 1 amide bonds. The number of ether oxygens (including phenoxy) is 1. The monoisotopic (exact) mass is 203 g/mol. The van der Waals surface area contributed by atoms with Crippen molar-refractivity contribution in [2.75, 3.05) is 13.2 Å². The summed E-state index contributed by atoms with van der Waals surface area (Å²) < 4.78 is 4.77. The molecule has 5 nitrogen and oxygen atoms in total. The average Bonchev–Trinajstić information content (AvgIpc) is 2.14. The lowest BCUT2D eigenvalue weighted by Crippen LogP contribution is -2.32. The van der Waals surface area contributed by atoms with E-state index in [1.54, 1.807) is 0 Å².